The third kappa shape index (κ3) is 4.43. The highest BCUT2D eigenvalue weighted by molar-refractivity contribution is 7.11. The smallest absolute Gasteiger partial charge is 0.259 e. The third-order valence-electron chi connectivity index (χ3n) is 6.45. The second kappa shape index (κ2) is 9.46. The molecule has 5 rings (SSSR count). The molecule has 4 nitrogen and oxygen atoms in total. The van der Waals surface area contributed by atoms with E-state index in [-0.39, 0.29) is 11.6 Å². The molecule has 0 atom stereocenters. The highest BCUT2D eigenvalue weighted by atomic mass is 32.1. The van der Waals surface area contributed by atoms with Crippen LogP contribution in [0.1, 0.15) is 50.9 Å². The first kappa shape index (κ1) is 21.8. The van der Waals surface area contributed by atoms with Crippen LogP contribution in [0, 0.1) is 6.92 Å². The van der Waals surface area contributed by atoms with Gasteiger partial charge in [-0.25, -0.2) is 4.98 Å². The van der Waals surface area contributed by atoms with Crippen LogP contribution in [0.4, 0.5) is 0 Å². The molecule has 2 aromatic carbocycles. The molecule has 0 aliphatic carbocycles. The van der Waals surface area contributed by atoms with E-state index in [9.17, 15) is 4.79 Å². The van der Waals surface area contributed by atoms with Crippen LogP contribution >= 0.6 is 11.3 Å². The zero-order chi connectivity index (χ0) is 22.8. The lowest BCUT2D eigenvalue weighted by Crippen LogP contribution is -2.40. The number of fused-ring (bicyclic) bond motifs is 1. The van der Waals surface area contributed by atoms with Crippen LogP contribution in [-0.4, -0.2) is 21.0 Å². The van der Waals surface area contributed by atoms with E-state index in [0.717, 1.165) is 54.1 Å². The van der Waals surface area contributed by atoms with Crippen molar-refractivity contribution in [3.05, 3.63) is 121 Å². The van der Waals surface area contributed by atoms with Crippen LogP contribution in [0.5, 0.6) is 0 Å². The third-order valence-corrected chi connectivity index (χ3v) is 7.67. The summed E-state index contributed by atoms with van der Waals surface area (Å²) in [6.07, 6.45) is 1.89. The van der Waals surface area contributed by atoms with Crippen molar-refractivity contribution in [3.63, 3.8) is 0 Å². The quantitative estimate of drug-likeness (QED) is 0.392. The first-order valence-corrected chi connectivity index (χ1v) is 12.5. The first-order chi connectivity index (χ1) is 16.1. The maximum absolute atomic E-state index is 14.0. The molecule has 0 bridgehead atoms. The molecule has 2 aromatic heterocycles. The predicted octanol–water partition coefficient (Wildman–Crippen LogP) is 5.37. The maximum Gasteiger partial charge on any atom is 0.259 e. The summed E-state index contributed by atoms with van der Waals surface area (Å²) in [5.41, 5.74) is 4.07. The van der Waals surface area contributed by atoms with E-state index < -0.39 is 0 Å². The Hall–Kier alpha value is -3.02. The molecule has 1 aliphatic heterocycles. The summed E-state index contributed by atoms with van der Waals surface area (Å²) in [6, 6.07) is 24.8. The number of thiophene rings is 1. The first-order valence-electron chi connectivity index (χ1n) is 11.6. The molecule has 0 fully saturated rings. The predicted molar refractivity (Wildman–Crippen MR) is 135 cm³/mol. The van der Waals surface area contributed by atoms with Gasteiger partial charge < -0.3 is 0 Å². The van der Waals surface area contributed by atoms with Gasteiger partial charge in [0.1, 0.15) is 5.82 Å². The average Bonchev–Trinajstić information content (AvgIpc) is 3.31. The Morgan fingerprint density at radius 1 is 0.939 bits per heavy atom. The van der Waals surface area contributed by atoms with Crippen molar-refractivity contribution >= 4 is 11.3 Å². The van der Waals surface area contributed by atoms with Gasteiger partial charge in [-0.2, -0.15) is 0 Å². The summed E-state index contributed by atoms with van der Waals surface area (Å²) >= 11 is 1.88. The Kier molecular flexibility index (Phi) is 6.25. The van der Waals surface area contributed by atoms with Gasteiger partial charge in [-0.1, -0.05) is 67.6 Å². The fraction of sp³-hybridized carbons (Fsp3) is 0.286. The lowest BCUT2D eigenvalue weighted by atomic mass is 9.97. The number of hydrogen-bond acceptors (Lipinski definition) is 4. The highest BCUT2D eigenvalue weighted by Crippen LogP contribution is 2.28. The average molecular weight is 456 g/mol. The molecular weight excluding hydrogens is 426 g/mol. The summed E-state index contributed by atoms with van der Waals surface area (Å²) in [5.74, 6) is 0.774. The number of rotatable bonds is 6. The molecule has 0 saturated heterocycles. The van der Waals surface area contributed by atoms with Crippen LogP contribution in [0.3, 0.4) is 0 Å². The molecule has 0 unspecified atom stereocenters. The number of aromatic nitrogens is 2. The van der Waals surface area contributed by atoms with Crippen LogP contribution < -0.4 is 5.56 Å². The molecule has 0 radical (unpaired) electrons. The zero-order valence-corrected chi connectivity index (χ0v) is 20.0. The van der Waals surface area contributed by atoms with Crippen LogP contribution in [0.25, 0.3) is 0 Å². The van der Waals surface area contributed by atoms with E-state index >= 15 is 0 Å². The second-order valence-electron chi connectivity index (χ2n) is 8.67. The van der Waals surface area contributed by atoms with Gasteiger partial charge in [-0.3, -0.25) is 14.3 Å². The molecule has 3 heterocycles. The van der Waals surface area contributed by atoms with Crippen molar-refractivity contribution in [2.45, 2.75) is 45.8 Å². The molecule has 4 aromatic rings. The van der Waals surface area contributed by atoms with E-state index in [1.165, 1.54) is 9.75 Å². The van der Waals surface area contributed by atoms with E-state index in [0.29, 0.717) is 6.54 Å². The SMILES string of the molecule is CCc1ccc(CN2CCc3nc(C)n(C(c4ccccc4)c4ccccc4)c(=O)c3C2)s1. The lowest BCUT2D eigenvalue weighted by Gasteiger charge is -2.30. The summed E-state index contributed by atoms with van der Waals surface area (Å²) < 4.78 is 1.90. The molecular formula is C28H29N3OS. The largest absolute Gasteiger partial charge is 0.293 e. The van der Waals surface area contributed by atoms with E-state index in [4.69, 9.17) is 4.98 Å². The van der Waals surface area contributed by atoms with Crippen molar-refractivity contribution < 1.29 is 0 Å². The van der Waals surface area contributed by atoms with E-state index in [2.05, 4.69) is 48.2 Å². The summed E-state index contributed by atoms with van der Waals surface area (Å²) in [5, 5.41) is 0. The van der Waals surface area contributed by atoms with Crippen molar-refractivity contribution in [2.75, 3.05) is 6.54 Å². The van der Waals surface area contributed by atoms with Crippen molar-refractivity contribution in [1.82, 2.24) is 14.5 Å². The van der Waals surface area contributed by atoms with Gasteiger partial charge in [0.2, 0.25) is 0 Å². The van der Waals surface area contributed by atoms with Gasteiger partial charge in [0.15, 0.2) is 0 Å². The zero-order valence-electron chi connectivity index (χ0n) is 19.2. The van der Waals surface area contributed by atoms with Gasteiger partial charge in [-0.15, -0.1) is 11.3 Å². The summed E-state index contributed by atoms with van der Waals surface area (Å²) in [6.45, 7) is 6.63. The minimum atomic E-state index is -0.197. The molecule has 0 amide bonds. The topological polar surface area (TPSA) is 38.1 Å². The normalized spacial score (nSPS) is 13.9. The van der Waals surface area contributed by atoms with Gasteiger partial charge in [0, 0.05) is 35.8 Å². The Bertz CT molecular complexity index is 1250. The second-order valence-corrected chi connectivity index (χ2v) is 9.92. The Morgan fingerprint density at radius 2 is 1.58 bits per heavy atom. The van der Waals surface area contributed by atoms with Crippen LogP contribution in [0.15, 0.2) is 77.6 Å². The highest BCUT2D eigenvalue weighted by Gasteiger charge is 2.27. The number of hydrogen-bond donors (Lipinski definition) is 0. The Balaban J connectivity index is 1.54. The van der Waals surface area contributed by atoms with Gasteiger partial charge >= 0.3 is 0 Å². The molecule has 168 valence electrons. The van der Waals surface area contributed by atoms with Crippen LogP contribution in [0.2, 0.25) is 0 Å². The van der Waals surface area contributed by atoms with Crippen molar-refractivity contribution in [3.8, 4) is 0 Å². The van der Waals surface area contributed by atoms with Gasteiger partial charge in [0.25, 0.3) is 5.56 Å². The maximum atomic E-state index is 14.0. The number of nitrogens with zero attached hydrogens (tertiary/aromatic N) is 3. The molecule has 5 heteroatoms. The molecule has 0 saturated carbocycles. The van der Waals surface area contributed by atoms with Crippen molar-refractivity contribution in [2.24, 2.45) is 0 Å². The number of aryl methyl sites for hydroxylation is 2. The van der Waals surface area contributed by atoms with Crippen LogP contribution in [-0.2, 0) is 25.9 Å². The lowest BCUT2D eigenvalue weighted by molar-refractivity contribution is 0.242. The van der Waals surface area contributed by atoms with Crippen molar-refractivity contribution in [1.29, 1.82) is 0 Å². The van der Waals surface area contributed by atoms with Gasteiger partial charge in [-0.05, 0) is 36.6 Å². The Labute approximate surface area is 199 Å². The summed E-state index contributed by atoms with van der Waals surface area (Å²) in [7, 11) is 0. The monoisotopic (exact) mass is 455 g/mol. The molecule has 0 spiro atoms. The molecule has 0 N–H and O–H groups in total. The fourth-order valence-corrected chi connectivity index (χ4v) is 5.78. The fourth-order valence-electron chi connectivity index (χ4n) is 4.78. The summed E-state index contributed by atoms with van der Waals surface area (Å²) in [4.78, 5) is 24.1. The molecule has 33 heavy (non-hydrogen) atoms. The molecule has 1 aliphatic rings. The Morgan fingerprint density at radius 3 is 2.18 bits per heavy atom. The standard InChI is InChI=1S/C28H29N3OS/c1-3-23-14-15-24(33-23)18-30-17-16-26-25(19-30)28(32)31(20(2)29-26)27(21-10-6-4-7-11-21)22-12-8-5-9-13-22/h4-15,27H,3,16-19H2,1-2H3. The van der Waals surface area contributed by atoms with E-state index in [1.54, 1.807) is 0 Å². The minimum Gasteiger partial charge on any atom is -0.293 e. The van der Waals surface area contributed by atoms with E-state index in [1.807, 2.05) is 59.2 Å². The minimum absolute atomic E-state index is 0.0836. The van der Waals surface area contributed by atoms with Gasteiger partial charge in [0.05, 0.1) is 17.3 Å². The number of benzene rings is 2.